The van der Waals surface area contributed by atoms with Gasteiger partial charge in [-0.25, -0.2) is 0 Å². The molecular weight excluding hydrogens is 152 g/mol. The third-order valence-electron chi connectivity index (χ3n) is 2.49. The second-order valence-corrected chi connectivity index (χ2v) is 3.68. The molecular formula is C10H20O2. The molecule has 2 nitrogen and oxygen atoms in total. The fourth-order valence-corrected chi connectivity index (χ4v) is 1.67. The molecule has 0 aromatic carbocycles. The Kier molecular flexibility index (Phi) is 4.30. The average molecular weight is 172 g/mol. The van der Waals surface area contributed by atoms with Crippen LogP contribution >= 0.6 is 0 Å². The van der Waals surface area contributed by atoms with Gasteiger partial charge in [0.25, 0.3) is 0 Å². The number of carbonyl (C=O) groups excluding carboxylic acids is 1. The lowest BCUT2D eigenvalue weighted by Crippen LogP contribution is -1.94. The van der Waals surface area contributed by atoms with Crippen LogP contribution in [0.25, 0.3) is 0 Å². The highest BCUT2D eigenvalue weighted by atomic mass is 16.3. The summed E-state index contributed by atoms with van der Waals surface area (Å²) in [7, 11) is 0. The summed E-state index contributed by atoms with van der Waals surface area (Å²) in [5.41, 5.74) is 0. The van der Waals surface area contributed by atoms with Crippen LogP contribution < -0.4 is 0 Å². The van der Waals surface area contributed by atoms with Crippen molar-refractivity contribution in [1.29, 1.82) is 0 Å². The maximum atomic E-state index is 10.2. The predicted molar refractivity (Wildman–Crippen MR) is 50.1 cm³/mol. The van der Waals surface area contributed by atoms with Crippen LogP contribution in [0.5, 0.6) is 0 Å². The molecule has 0 aliphatic heterocycles. The van der Waals surface area contributed by atoms with Crippen LogP contribution in [0, 0.1) is 0 Å². The van der Waals surface area contributed by atoms with Crippen molar-refractivity contribution in [3.05, 3.63) is 0 Å². The number of carbonyl (C=O) groups is 1. The Morgan fingerprint density at radius 2 is 1.58 bits per heavy atom. The fourth-order valence-electron chi connectivity index (χ4n) is 1.67. The molecule has 1 N–H and O–H groups in total. The number of hydrogen-bond donors (Lipinski definition) is 1. The van der Waals surface area contributed by atoms with Crippen molar-refractivity contribution >= 4 is 5.78 Å². The molecule has 2 aliphatic rings. The summed E-state index contributed by atoms with van der Waals surface area (Å²) in [5, 5.41) is 8.73. The number of aliphatic hydroxyl groups excluding tert-OH is 1. The molecule has 0 heterocycles. The Bertz CT molecular complexity index is 134. The topological polar surface area (TPSA) is 37.3 Å². The van der Waals surface area contributed by atoms with Gasteiger partial charge in [-0.15, -0.1) is 0 Å². The zero-order valence-corrected chi connectivity index (χ0v) is 7.59. The van der Waals surface area contributed by atoms with Crippen LogP contribution in [0.1, 0.15) is 52.8 Å². The summed E-state index contributed by atoms with van der Waals surface area (Å²) in [4.78, 5) is 10.2. The SMILES string of the molecule is O=C1CCCC1.OC1CCCC1.[HH]. The van der Waals surface area contributed by atoms with E-state index in [0.717, 1.165) is 38.5 Å². The van der Waals surface area contributed by atoms with Gasteiger partial charge in [0.2, 0.25) is 0 Å². The van der Waals surface area contributed by atoms with Gasteiger partial charge >= 0.3 is 0 Å². The Hall–Kier alpha value is -0.370. The van der Waals surface area contributed by atoms with E-state index >= 15 is 0 Å². The van der Waals surface area contributed by atoms with Crippen molar-refractivity contribution in [3.63, 3.8) is 0 Å². The van der Waals surface area contributed by atoms with E-state index in [9.17, 15) is 4.79 Å². The third-order valence-corrected chi connectivity index (χ3v) is 2.49. The second kappa shape index (κ2) is 5.31. The van der Waals surface area contributed by atoms with Gasteiger partial charge in [-0.1, -0.05) is 12.8 Å². The van der Waals surface area contributed by atoms with E-state index in [4.69, 9.17) is 5.11 Å². The van der Waals surface area contributed by atoms with Crippen molar-refractivity contribution < 1.29 is 11.3 Å². The first-order valence-electron chi connectivity index (χ1n) is 4.99. The maximum absolute atomic E-state index is 10.2. The van der Waals surface area contributed by atoms with Gasteiger partial charge in [0.05, 0.1) is 6.10 Å². The summed E-state index contributed by atoms with van der Waals surface area (Å²) < 4.78 is 0. The molecule has 2 aliphatic carbocycles. The Morgan fingerprint density at radius 3 is 1.75 bits per heavy atom. The molecule has 0 radical (unpaired) electrons. The van der Waals surface area contributed by atoms with Gasteiger partial charge in [-0.3, -0.25) is 4.79 Å². The number of Topliss-reactive ketones (excluding diaryl/α,β-unsaturated/α-hetero) is 1. The van der Waals surface area contributed by atoms with E-state index < -0.39 is 0 Å². The molecule has 12 heavy (non-hydrogen) atoms. The Balaban J connectivity index is 0.000000206. The number of hydrogen-bond acceptors (Lipinski definition) is 2. The van der Waals surface area contributed by atoms with Crippen LogP contribution in [-0.2, 0) is 4.79 Å². The molecule has 0 saturated heterocycles. The van der Waals surface area contributed by atoms with Crippen LogP contribution in [0.15, 0.2) is 0 Å². The molecule has 0 aromatic rings. The lowest BCUT2D eigenvalue weighted by molar-refractivity contribution is -0.117. The first-order chi connectivity index (χ1) is 5.79. The molecule has 2 rings (SSSR count). The maximum Gasteiger partial charge on any atom is 0.132 e. The van der Waals surface area contributed by atoms with Crippen molar-refractivity contribution in [2.75, 3.05) is 0 Å². The van der Waals surface area contributed by atoms with E-state index in [1.807, 2.05) is 0 Å². The molecule has 0 unspecified atom stereocenters. The highest BCUT2D eigenvalue weighted by molar-refractivity contribution is 5.79. The van der Waals surface area contributed by atoms with Crippen molar-refractivity contribution in [2.45, 2.75) is 57.5 Å². The highest BCUT2D eigenvalue weighted by Crippen LogP contribution is 2.16. The normalized spacial score (nSPS) is 23.9. The fraction of sp³-hybridized carbons (Fsp3) is 0.900. The smallest absolute Gasteiger partial charge is 0.132 e. The number of ketones is 1. The summed E-state index contributed by atoms with van der Waals surface area (Å²) in [6, 6.07) is 0. The molecule has 2 saturated carbocycles. The molecule has 0 spiro atoms. The lowest BCUT2D eigenvalue weighted by atomic mass is 10.3. The van der Waals surface area contributed by atoms with Gasteiger partial charge in [-0.2, -0.15) is 0 Å². The van der Waals surface area contributed by atoms with Crippen molar-refractivity contribution in [3.8, 4) is 0 Å². The zero-order chi connectivity index (χ0) is 8.81. The quantitative estimate of drug-likeness (QED) is 0.608. The average Bonchev–Trinajstić information content (AvgIpc) is 2.63. The Morgan fingerprint density at radius 1 is 1.08 bits per heavy atom. The van der Waals surface area contributed by atoms with Crippen molar-refractivity contribution in [2.24, 2.45) is 0 Å². The highest BCUT2D eigenvalue weighted by Gasteiger charge is 2.09. The first kappa shape index (κ1) is 9.72. The summed E-state index contributed by atoms with van der Waals surface area (Å²) >= 11 is 0. The molecule has 2 fully saturated rings. The van der Waals surface area contributed by atoms with Gasteiger partial charge < -0.3 is 5.11 Å². The van der Waals surface area contributed by atoms with Crippen LogP contribution in [0.2, 0.25) is 0 Å². The Labute approximate surface area is 75.5 Å². The van der Waals surface area contributed by atoms with Gasteiger partial charge in [0.15, 0.2) is 0 Å². The van der Waals surface area contributed by atoms with Crippen LogP contribution in [0.3, 0.4) is 0 Å². The van der Waals surface area contributed by atoms with E-state index in [2.05, 4.69) is 0 Å². The van der Waals surface area contributed by atoms with Gasteiger partial charge in [0, 0.05) is 14.3 Å². The lowest BCUT2D eigenvalue weighted by Gasteiger charge is -1.91. The van der Waals surface area contributed by atoms with E-state index in [-0.39, 0.29) is 7.53 Å². The van der Waals surface area contributed by atoms with Crippen LogP contribution in [-0.4, -0.2) is 17.0 Å². The molecule has 2 heteroatoms. The monoisotopic (exact) mass is 172 g/mol. The number of aliphatic hydroxyl groups is 1. The predicted octanol–water partition coefficient (Wildman–Crippen LogP) is 2.30. The molecule has 72 valence electrons. The minimum atomic E-state index is 0. The minimum Gasteiger partial charge on any atom is -0.393 e. The van der Waals surface area contributed by atoms with Gasteiger partial charge in [0.1, 0.15) is 5.78 Å². The summed E-state index contributed by atoms with van der Waals surface area (Å²) in [5.74, 6) is 0.454. The molecule has 0 aromatic heterocycles. The van der Waals surface area contributed by atoms with Gasteiger partial charge in [-0.05, 0) is 25.7 Å². The summed E-state index contributed by atoms with van der Waals surface area (Å²) in [6.45, 7) is 0. The zero-order valence-electron chi connectivity index (χ0n) is 7.59. The second-order valence-electron chi connectivity index (χ2n) is 3.68. The minimum absolute atomic E-state index is 0. The molecule has 0 bridgehead atoms. The standard InChI is InChI=1S/C5H10O.C5H8O.H2/c2*6-5-3-1-2-4-5;/h5-6H,1-4H2;1-4H2;1H. The molecule has 0 amide bonds. The largest absolute Gasteiger partial charge is 0.393 e. The molecule has 0 atom stereocenters. The van der Waals surface area contributed by atoms with E-state index in [0.29, 0.717) is 5.78 Å². The van der Waals surface area contributed by atoms with E-state index in [1.165, 1.54) is 12.8 Å². The summed E-state index contributed by atoms with van der Waals surface area (Å²) in [6.07, 6.45) is 8.57. The third kappa shape index (κ3) is 3.86. The first-order valence-corrected chi connectivity index (χ1v) is 4.99. The number of rotatable bonds is 0. The van der Waals surface area contributed by atoms with Crippen molar-refractivity contribution in [1.82, 2.24) is 0 Å². The van der Waals surface area contributed by atoms with E-state index in [1.54, 1.807) is 0 Å². The van der Waals surface area contributed by atoms with Crippen LogP contribution in [0.4, 0.5) is 0 Å².